The van der Waals surface area contributed by atoms with Crippen molar-refractivity contribution in [1.29, 1.82) is 0 Å². The van der Waals surface area contributed by atoms with Crippen molar-refractivity contribution in [3.8, 4) is 0 Å². The standard InChI is InChI=1S/C8H11N/c1-4-7-8(5-2)9-6-3/h4-7H,1-2H2,3H3. The van der Waals surface area contributed by atoms with Gasteiger partial charge in [-0.05, 0) is 19.1 Å². The van der Waals surface area contributed by atoms with E-state index in [0.717, 1.165) is 5.70 Å². The molecule has 1 heteroatoms. The molecule has 0 radical (unpaired) electrons. The molecule has 0 saturated heterocycles. The van der Waals surface area contributed by atoms with Crippen LogP contribution in [-0.4, -0.2) is 6.21 Å². The van der Waals surface area contributed by atoms with Gasteiger partial charge in [-0.2, -0.15) is 0 Å². The lowest BCUT2D eigenvalue weighted by molar-refractivity contribution is 1.42. The van der Waals surface area contributed by atoms with Crippen LogP contribution in [0.1, 0.15) is 6.92 Å². The van der Waals surface area contributed by atoms with Gasteiger partial charge >= 0.3 is 0 Å². The Morgan fingerprint density at radius 1 is 1.44 bits per heavy atom. The molecule has 0 aliphatic heterocycles. The Bertz CT molecular complexity index is 152. The van der Waals surface area contributed by atoms with E-state index in [4.69, 9.17) is 0 Å². The predicted octanol–water partition coefficient (Wildman–Crippen LogP) is 2.33. The molecule has 0 unspecified atom stereocenters. The highest BCUT2D eigenvalue weighted by molar-refractivity contribution is 5.56. The third-order valence-electron chi connectivity index (χ3n) is 0.776. The maximum atomic E-state index is 3.98. The number of hydrogen-bond acceptors (Lipinski definition) is 1. The fraction of sp³-hybridized carbons (Fsp3) is 0.125. The van der Waals surface area contributed by atoms with Crippen LogP contribution in [0.25, 0.3) is 0 Å². The lowest BCUT2D eigenvalue weighted by Gasteiger charge is -1.85. The van der Waals surface area contributed by atoms with Crippen molar-refractivity contribution in [3.63, 3.8) is 0 Å². The minimum Gasteiger partial charge on any atom is -0.262 e. The van der Waals surface area contributed by atoms with E-state index in [9.17, 15) is 0 Å². The van der Waals surface area contributed by atoms with Crippen LogP contribution in [0.15, 0.2) is 42.1 Å². The SMILES string of the molecule is C=CC=C(C=C)N=CC. The van der Waals surface area contributed by atoms with E-state index in [0.29, 0.717) is 0 Å². The first kappa shape index (κ1) is 7.89. The fourth-order valence-electron chi connectivity index (χ4n) is 0.434. The van der Waals surface area contributed by atoms with E-state index in [1.165, 1.54) is 0 Å². The summed E-state index contributed by atoms with van der Waals surface area (Å²) in [5.41, 5.74) is 0.840. The predicted molar refractivity (Wildman–Crippen MR) is 42.6 cm³/mol. The largest absolute Gasteiger partial charge is 0.262 e. The number of hydrogen-bond donors (Lipinski definition) is 0. The van der Waals surface area contributed by atoms with E-state index in [1.807, 2.05) is 6.92 Å². The second kappa shape index (κ2) is 5.04. The molecule has 0 atom stereocenters. The molecular weight excluding hydrogens is 110 g/mol. The van der Waals surface area contributed by atoms with Gasteiger partial charge in [0.1, 0.15) is 0 Å². The Labute approximate surface area is 56.1 Å². The third kappa shape index (κ3) is 3.47. The lowest BCUT2D eigenvalue weighted by atomic mass is 10.4. The minimum absolute atomic E-state index is 0.840. The summed E-state index contributed by atoms with van der Waals surface area (Å²) < 4.78 is 0. The first-order valence-electron chi connectivity index (χ1n) is 2.79. The summed E-state index contributed by atoms with van der Waals surface area (Å²) in [5.74, 6) is 0. The van der Waals surface area contributed by atoms with E-state index >= 15 is 0 Å². The van der Waals surface area contributed by atoms with Crippen LogP contribution in [0, 0.1) is 0 Å². The van der Waals surface area contributed by atoms with Crippen molar-refractivity contribution in [1.82, 2.24) is 0 Å². The van der Waals surface area contributed by atoms with Crippen LogP contribution in [0.2, 0.25) is 0 Å². The van der Waals surface area contributed by atoms with Crippen molar-refractivity contribution in [2.45, 2.75) is 6.92 Å². The summed E-state index contributed by atoms with van der Waals surface area (Å²) in [7, 11) is 0. The molecule has 0 fully saturated rings. The van der Waals surface area contributed by atoms with Crippen molar-refractivity contribution in [3.05, 3.63) is 37.1 Å². The second-order valence-electron chi connectivity index (χ2n) is 1.42. The lowest BCUT2D eigenvalue weighted by Crippen LogP contribution is -1.68. The maximum Gasteiger partial charge on any atom is 0.0619 e. The molecule has 0 heterocycles. The fourth-order valence-corrected chi connectivity index (χ4v) is 0.434. The van der Waals surface area contributed by atoms with Gasteiger partial charge in [0.2, 0.25) is 0 Å². The molecule has 9 heavy (non-hydrogen) atoms. The molecule has 0 aliphatic rings. The van der Waals surface area contributed by atoms with Crippen LogP contribution >= 0.6 is 0 Å². The van der Waals surface area contributed by atoms with Gasteiger partial charge in [-0.25, -0.2) is 0 Å². The van der Waals surface area contributed by atoms with Crippen LogP contribution in [-0.2, 0) is 0 Å². The molecule has 48 valence electrons. The Morgan fingerprint density at radius 3 is 2.44 bits per heavy atom. The number of rotatable bonds is 3. The van der Waals surface area contributed by atoms with Gasteiger partial charge in [-0.15, -0.1) is 0 Å². The quantitative estimate of drug-likeness (QED) is 0.401. The van der Waals surface area contributed by atoms with Gasteiger partial charge in [-0.3, -0.25) is 4.99 Å². The van der Waals surface area contributed by atoms with Gasteiger partial charge in [-0.1, -0.05) is 19.2 Å². The number of aliphatic imine (C=N–C) groups is 1. The van der Waals surface area contributed by atoms with E-state index < -0.39 is 0 Å². The van der Waals surface area contributed by atoms with Gasteiger partial charge in [0.05, 0.1) is 5.70 Å². The second-order valence-corrected chi connectivity index (χ2v) is 1.42. The molecular formula is C8H11N. The van der Waals surface area contributed by atoms with Crippen LogP contribution in [0.5, 0.6) is 0 Å². The maximum absolute atomic E-state index is 3.98. The van der Waals surface area contributed by atoms with Crippen molar-refractivity contribution >= 4 is 6.21 Å². The first-order chi connectivity index (χ1) is 4.35. The molecule has 0 spiro atoms. The van der Waals surface area contributed by atoms with Crippen LogP contribution in [0.4, 0.5) is 0 Å². The molecule has 1 nitrogen and oxygen atoms in total. The zero-order valence-corrected chi connectivity index (χ0v) is 5.67. The van der Waals surface area contributed by atoms with Gasteiger partial charge < -0.3 is 0 Å². The number of nitrogens with zero attached hydrogens (tertiary/aromatic N) is 1. The molecule has 0 aliphatic carbocycles. The molecule has 0 N–H and O–H groups in total. The summed E-state index contributed by atoms with van der Waals surface area (Å²) in [6.45, 7) is 8.96. The highest BCUT2D eigenvalue weighted by atomic mass is 14.7. The van der Waals surface area contributed by atoms with Crippen molar-refractivity contribution in [2.24, 2.45) is 4.99 Å². The first-order valence-corrected chi connectivity index (χ1v) is 2.79. The minimum atomic E-state index is 0.840. The highest BCUT2D eigenvalue weighted by Gasteiger charge is 1.77. The Hall–Kier alpha value is -1.11. The molecule has 0 amide bonds. The molecule has 0 saturated carbocycles. The third-order valence-corrected chi connectivity index (χ3v) is 0.776. The molecule has 0 bridgehead atoms. The summed E-state index contributed by atoms with van der Waals surface area (Å²) in [4.78, 5) is 3.98. The average Bonchev–Trinajstić information content (AvgIpc) is 1.88. The summed E-state index contributed by atoms with van der Waals surface area (Å²) in [6.07, 6.45) is 6.88. The Balaban J connectivity index is 4.13. The Kier molecular flexibility index (Phi) is 4.41. The van der Waals surface area contributed by atoms with Gasteiger partial charge in [0.25, 0.3) is 0 Å². The van der Waals surface area contributed by atoms with Crippen LogP contribution < -0.4 is 0 Å². The van der Waals surface area contributed by atoms with E-state index in [1.54, 1.807) is 24.4 Å². The summed E-state index contributed by atoms with van der Waals surface area (Å²) in [5, 5.41) is 0. The molecule has 0 rings (SSSR count). The molecule has 0 aromatic heterocycles. The van der Waals surface area contributed by atoms with Crippen LogP contribution in [0.3, 0.4) is 0 Å². The zero-order valence-electron chi connectivity index (χ0n) is 5.67. The normalized spacial score (nSPS) is 11.9. The van der Waals surface area contributed by atoms with E-state index in [2.05, 4.69) is 18.2 Å². The van der Waals surface area contributed by atoms with Gasteiger partial charge in [0, 0.05) is 6.21 Å². The van der Waals surface area contributed by atoms with Crippen molar-refractivity contribution in [2.75, 3.05) is 0 Å². The summed E-state index contributed by atoms with van der Waals surface area (Å²) in [6, 6.07) is 0. The smallest absolute Gasteiger partial charge is 0.0619 e. The zero-order chi connectivity index (χ0) is 7.11. The Morgan fingerprint density at radius 2 is 2.11 bits per heavy atom. The number of allylic oxidation sites excluding steroid dienone is 3. The topological polar surface area (TPSA) is 12.4 Å². The van der Waals surface area contributed by atoms with Gasteiger partial charge in [0.15, 0.2) is 0 Å². The van der Waals surface area contributed by atoms with E-state index in [-0.39, 0.29) is 0 Å². The molecule has 0 aromatic carbocycles. The molecule has 0 aromatic rings. The summed E-state index contributed by atoms with van der Waals surface area (Å²) >= 11 is 0. The monoisotopic (exact) mass is 121 g/mol. The average molecular weight is 121 g/mol. The highest BCUT2D eigenvalue weighted by Crippen LogP contribution is 1.95. The van der Waals surface area contributed by atoms with Crippen molar-refractivity contribution < 1.29 is 0 Å².